The fraction of sp³-hybridized carbons (Fsp3) is 0.250. The zero-order valence-corrected chi connectivity index (χ0v) is 14.1. The molecule has 0 aromatic heterocycles. The highest BCUT2D eigenvalue weighted by Gasteiger charge is 2.20. The summed E-state index contributed by atoms with van der Waals surface area (Å²) in [7, 11) is 0.258. The average molecular weight is 339 g/mol. The van der Waals surface area contributed by atoms with Crippen LogP contribution in [0.4, 0.5) is 0 Å². The second-order valence-corrected chi connectivity index (χ2v) is 7.34. The third-order valence-corrected chi connectivity index (χ3v) is 5.19. The van der Waals surface area contributed by atoms with Gasteiger partial charge in [0, 0.05) is 17.6 Å². The number of likely N-dealkylation sites (N-methyl/N-ethyl adjacent to an activating group) is 1. The van der Waals surface area contributed by atoms with E-state index in [-0.39, 0.29) is 17.5 Å². The summed E-state index contributed by atoms with van der Waals surface area (Å²) in [5, 5.41) is 0.625. The van der Waals surface area contributed by atoms with Gasteiger partial charge in [-0.15, -0.1) is 0 Å². The Balaban J connectivity index is 2.19. The van der Waals surface area contributed by atoms with E-state index in [2.05, 4.69) is 4.72 Å². The molecule has 1 unspecified atom stereocenters. The molecule has 0 aliphatic carbocycles. The van der Waals surface area contributed by atoms with Crippen molar-refractivity contribution in [1.29, 1.82) is 0 Å². The van der Waals surface area contributed by atoms with E-state index in [4.69, 9.17) is 11.6 Å². The van der Waals surface area contributed by atoms with Gasteiger partial charge in [-0.1, -0.05) is 48.0 Å². The summed E-state index contributed by atoms with van der Waals surface area (Å²) >= 11 is 6.23. The minimum absolute atomic E-state index is 0.146. The molecule has 1 atom stereocenters. The van der Waals surface area contributed by atoms with E-state index in [1.807, 2.05) is 37.2 Å². The minimum Gasteiger partial charge on any atom is -0.301 e. The van der Waals surface area contributed by atoms with Gasteiger partial charge < -0.3 is 4.90 Å². The van der Waals surface area contributed by atoms with Crippen LogP contribution in [0.25, 0.3) is 0 Å². The topological polar surface area (TPSA) is 49.4 Å². The first-order valence-electron chi connectivity index (χ1n) is 6.87. The lowest BCUT2D eigenvalue weighted by atomic mass is 10.1. The number of halogens is 1. The van der Waals surface area contributed by atoms with Gasteiger partial charge in [-0.3, -0.25) is 0 Å². The molecule has 0 bridgehead atoms. The van der Waals surface area contributed by atoms with Crippen LogP contribution < -0.4 is 4.72 Å². The molecule has 2 rings (SSSR count). The standard InChI is InChI=1S/C16H19ClN2O2S/c1-19(2)16(14-10-6-7-11-15(14)17)12-18-22(20,21)13-8-4-3-5-9-13/h3-11,16,18H,12H2,1-2H3. The Kier molecular flexibility index (Phi) is 5.58. The molecule has 0 spiro atoms. The molecule has 0 aliphatic rings. The maximum Gasteiger partial charge on any atom is 0.240 e. The molecule has 22 heavy (non-hydrogen) atoms. The smallest absolute Gasteiger partial charge is 0.240 e. The van der Waals surface area contributed by atoms with Crippen molar-refractivity contribution >= 4 is 21.6 Å². The first-order chi connectivity index (χ1) is 10.4. The van der Waals surface area contributed by atoms with Crippen LogP contribution in [0.5, 0.6) is 0 Å². The van der Waals surface area contributed by atoms with Crippen molar-refractivity contribution in [2.45, 2.75) is 10.9 Å². The number of benzene rings is 2. The van der Waals surface area contributed by atoms with Crippen LogP contribution >= 0.6 is 11.6 Å². The van der Waals surface area contributed by atoms with Crippen LogP contribution in [0, 0.1) is 0 Å². The highest BCUT2D eigenvalue weighted by atomic mass is 35.5. The van der Waals surface area contributed by atoms with Crippen molar-refractivity contribution in [1.82, 2.24) is 9.62 Å². The van der Waals surface area contributed by atoms with Gasteiger partial charge in [0.15, 0.2) is 0 Å². The van der Waals surface area contributed by atoms with Gasteiger partial charge in [-0.05, 0) is 37.9 Å². The lowest BCUT2D eigenvalue weighted by Gasteiger charge is -2.25. The largest absolute Gasteiger partial charge is 0.301 e. The first-order valence-corrected chi connectivity index (χ1v) is 8.73. The molecule has 0 heterocycles. The van der Waals surface area contributed by atoms with Gasteiger partial charge in [-0.2, -0.15) is 0 Å². The molecule has 2 aromatic carbocycles. The van der Waals surface area contributed by atoms with Gasteiger partial charge in [0.1, 0.15) is 0 Å². The number of nitrogens with zero attached hydrogens (tertiary/aromatic N) is 1. The SMILES string of the molecule is CN(C)C(CNS(=O)(=O)c1ccccc1)c1ccccc1Cl. The predicted molar refractivity (Wildman–Crippen MR) is 89.5 cm³/mol. The third kappa shape index (κ3) is 4.08. The fourth-order valence-electron chi connectivity index (χ4n) is 2.19. The van der Waals surface area contributed by atoms with Gasteiger partial charge in [0.25, 0.3) is 0 Å². The number of hydrogen-bond donors (Lipinski definition) is 1. The molecule has 0 aliphatic heterocycles. The van der Waals surface area contributed by atoms with Crippen LogP contribution in [0.1, 0.15) is 11.6 Å². The maximum atomic E-state index is 12.3. The summed E-state index contributed by atoms with van der Waals surface area (Å²) < 4.78 is 27.3. The Labute approximate surface area is 136 Å². The van der Waals surface area contributed by atoms with Crippen LogP contribution in [0.2, 0.25) is 5.02 Å². The molecule has 0 amide bonds. The molecular weight excluding hydrogens is 320 g/mol. The van der Waals surface area contributed by atoms with Crippen molar-refractivity contribution in [3.8, 4) is 0 Å². The third-order valence-electron chi connectivity index (χ3n) is 3.41. The molecule has 4 nitrogen and oxygen atoms in total. The Bertz CT molecular complexity index is 718. The molecule has 118 valence electrons. The van der Waals surface area contributed by atoms with Crippen LogP contribution in [-0.2, 0) is 10.0 Å². The van der Waals surface area contributed by atoms with E-state index in [0.717, 1.165) is 5.56 Å². The minimum atomic E-state index is -3.53. The highest BCUT2D eigenvalue weighted by Crippen LogP contribution is 2.25. The van der Waals surface area contributed by atoms with Gasteiger partial charge in [0.05, 0.1) is 4.90 Å². The van der Waals surface area contributed by atoms with E-state index >= 15 is 0 Å². The van der Waals surface area contributed by atoms with Gasteiger partial charge >= 0.3 is 0 Å². The second-order valence-electron chi connectivity index (χ2n) is 5.17. The van der Waals surface area contributed by atoms with Crippen molar-refractivity contribution < 1.29 is 8.42 Å². The van der Waals surface area contributed by atoms with Crippen molar-refractivity contribution in [2.75, 3.05) is 20.6 Å². The zero-order valence-electron chi connectivity index (χ0n) is 12.5. The number of rotatable bonds is 6. The molecule has 0 saturated heterocycles. The number of hydrogen-bond acceptors (Lipinski definition) is 3. The summed E-state index contributed by atoms with van der Waals surface area (Å²) in [6.45, 7) is 0.244. The quantitative estimate of drug-likeness (QED) is 0.881. The normalized spacial score (nSPS) is 13.3. The van der Waals surface area contributed by atoms with Crippen molar-refractivity contribution in [3.63, 3.8) is 0 Å². The van der Waals surface area contributed by atoms with Crippen LogP contribution in [-0.4, -0.2) is 34.0 Å². The second kappa shape index (κ2) is 7.24. The lowest BCUT2D eigenvalue weighted by Crippen LogP contribution is -2.34. The zero-order chi connectivity index (χ0) is 16.2. The molecule has 0 saturated carbocycles. The predicted octanol–water partition coefficient (Wildman–Crippen LogP) is 2.92. The van der Waals surface area contributed by atoms with E-state index in [9.17, 15) is 8.42 Å². The Morgan fingerprint density at radius 1 is 1.05 bits per heavy atom. The summed E-state index contributed by atoms with van der Waals surface area (Å²) in [6.07, 6.45) is 0. The average Bonchev–Trinajstić information content (AvgIpc) is 2.50. The first kappa shape index (κ1) is 17.0. The summed E-state index contributed by atoms with van der Waals surface area (Å²) in [6, 6.07) is 15.6. The summed E-state index contributed by atoms with van der Waals surface area (Å²) in [4.78, 5) is 2.20. The van der Waals surface area contributed by atoms with E-state index in [1.165, 1.54) is 0 Å². The van der Waals surface area contributed by atoms with Crippen molar-refractivity contribution in [2.24, 2.45) is 0 Å². The lowest BCUT2D eigenvalue weighted by molar-refractivity contribution is 0.299. The van der Waals surface area contributed by atoms with E-state index in [0.29, 0.717) is 5.02 Å². The molecule has 1 N–H and O–H groups in total. The van der Waals surface area contributed by atoms with Crippen molar-refractivity contribution in [3.05, 3.63) is 65.2 Å². The van der Waals surface area contributed by atoms with Gasteiger partial charge in [0.2, 0.25) is 10.0 Å². The number of nitrogens with one attached hydrogen (secondary N) is 1. The summed E-state index contributed by atoms with van der Waals surface area (Å²) in [5.41, 5.74) is 0.893. The maximum absolute atomic E-state index is 12.3. The fourth-order valence-corrected chi connectivity index (χ4v) is 3.51. The summed E-state index contributed by atoms with van der Waals surface area (Å²) in [5.74, 6) is 0. The monoisotopic (exact) mass is 338 g/mol. The molecule has 0 radical (unpaired) electrons. The molecule has 6 heteroatoms. The van der Waals surface area contributed by atoms with Crippen LogP contribution in [0.15, 0.2) is 59.5 Å². The Hall–Kier alpha value is -1.40. The Morgan fingerprint density at radius 2 is 1.64 bits per heavy atom. The van der Waals surface area contributed by atoms with E-state index in [1.54, 1.807) is 36.4 Å². The Morgan fingerprint density at radius 3 is 2.23 bits per heavy atom. The number of sulfonamides is 1. The highest BCUT2D eigenvalue weighted by molar-refractivity contribution is 7.89. The molecule has 2 aromatic rings. The molecular formula is C16H19ClN2O2S. The van der Waals surface area contributed by atoms with E-state index < -0.39 is 10.0 Å². The van der Waals surface area contributed by atoms with Gasteiger partial charge in [-0.25, -0.2) is 13.1 Å². The molecule has 0 fully saturated rings. The van der Waals surface area contributed by atoms with Crippen LogP contribution in [0.3, 0.4) is 0 Å².